The van der Waals surface area contributed by atoms with E-state index in [-0.39, 0.29) is 36.7 Å². The summed E-state index contributed by atoms with van der Waals surface area (Å²) in [5.41, 5.74) is 0.589. The van der Waals surface area contributed by atoms with Crippen molar-refractivity contribution >= 4 is 17.5 Å². The van der Waals surface area contributed by atoms with Gasteiger partial charge in [-0.05, 0) is 32.3 Å². The Labute approximate surface area is 153 Å². The predicted octanol–water partition coefficient (Wildman–Crippen LogP) is 2.31. The lowest BCUT2D eigenvalue weighted by Gasteiger charge is -2.26. The molecule has 6 heteroatoms. The average molecular weight is 362 g/mol. The third-order valence-electron chi connectivity index (χ3n) is 5.54. The monoisotopic (exact) mass is 362 g/mol. The van der Waals surface area contributed by atoms with E-state index >= 15 is 0 Å². The molecule has 3 aliphatic heterocycles. The Hall–Kier alpha value is -1.79. The molecule has 0 N–H and O–H groups in total. The number of fused-ring (bicyclic) bond motifs is 3. The number of ether oxygens (including phenoxy) is 3. The first-order valence-electron chi connectivity index (χ1n) is 9.04. The van der Waals surface area contributed by atoms with E-state index in [1.807, 2.05) is 13.8 Å². The molecule has 5 unspecified atom stereocenters. The molecule has 6 nitrogen and oxygen atoms in total. The number of rotatable bonds is 2. The zero-order valence-corrected chi connectivity index (χ0v) is 15.6. The Morgan fingerprint density at radius 2 is 2.04 bits per heavy atom. The standard InChI is InChI=1S/C20H26O6/c1-11(2)12-5-13(21)7-18-16(22)10-20(3,26-18)9-14-8-15(19(23)25-14)17(6-12)24-4/h8,12,14,17-18H,1,5-7,9-10H2,2-4H3. The van der Waals surface area contributed by atoms with Crippen LogP contribution in [0.15, 0.2) is 23.8 Å². The van der Waals surface area contributed by atoms with Gasteiger partial charge in [0.15, 0.2) is 5.78 Å². The van der Waals surface area contributed by atoms with E-state index in [1.54, 1.807) is 13.2 Å². The first-order chi connectivity index (χ1) is 12.2. The van der Waals surface area contributed by atoms with Crippen LogP contribution >= 0.6 is 0 Å². The maximum atomic E-state index is 12.5. The molecule has 142 valence electrons. The molecule has 1 saturated heterocycles. The summed E-state index contributed by atoms with van der Waals surface area (Å²) in [6.07, 6.45) is 1.59. The van der Waals surface area contributed by atoms with Crippen LogP contribution in [0.3, 0.4) is 0 Å². The van der Waals surface area contributed by atoms with E-state index in [4.69, 9.17) is 14.2 Å². The van der Waals surface area contributed by atoms with Gasteiger partial charge in [-0.1, -0.05) is 12.2 Å². The van der Waals surface area contributed by atoms with Crippen LogP contribution < -0.4 is 0 Å². The summed E-state index contributed by atoms with van der Waals surface area (Å²) < 4.78 is 17.0. The number of methoxy groups -OCH3 is 1. The predicted molar refractivity (Wildman–Crippen MR) is 93.4 cm³/mol. The van der Waals surface area contributed by atoms with E-state index in [2.05, 4.69) is 6.58 Å². The van der Waals surface area contributed by atoms with Crippen molar-refractivity contribution in [1.29, 1.82) is 0 Å². The van der Waals surface area contributed by atoms with E-state index in [9.17, 15) is 14.4 Å². The van der Waals surface area contributed by atoms with Crippen molar-refractivity contribution < 1.29 is 28.6 Å². The fraction of sp³-hybridized carbons (Fsp3) is 0.650. The number of hydrogen-bond acceptors (Lipinski definition) is 6. The Morgan fingerprint density at radius 1 is 1.31 bits per heavy atom. The van der Waals surface area contributed by atoms with Gasteiger partial charge in [0.1, 0.15) is 18.0 Å². The molecule has 0 spiro atoms. The molecule has 1 fully saturated rings. The van der Waals surface area contributed by atoms with Gasteiger partial charge in [0.05, 0.1) is 17.3 Å². The number of ketones is 2. The molecule has 26 heavy (non-hydrogen) atoms. The fourth-order valence-electron chi connectivity index (χ4n) is 4.11. The molecule has 4 bridgehead atoms. The van der Waals surface area contributed by atoms with E-state index in [1.165, 1.54) is 0 Å². The first-order valence-corrected chi connectivity index (χ1v) is 9.04. The Morgan fingerprint density at radius 3 is 2.69 bits per heavy atom. The number of carbonyl (C=O) groups excluding carboxylic acids is 3. The van der Waals surface area contributed by atoms with Crippen molar-refractivity contribution in [2.45, 2.75) is 69.9 Å². The van der Waals surface area contributed by atoms with Crippen LogP contribution in [0.2, 0.25) is 0 Å². The summed E-state index contributed by atoms with van der Waals surface area (Å²) in [5.74, 6) is -0.636. The summed E-state index contributed by atoms with van der Waals surface area (Å²) in [4.78, 5) is 37.2. The van der Waals surface area contributed by atoms with Crippen LogP contribution in [0.5, 0.6) is 0 Å². The van der Waals surface area contributed by atoms with Crippen LogP contribution in [0.25, 0.3) is 0 Å². The van der Waals surface area contributed by atoms with Crippen molar-refractivity contribution in [3.8, 4) is 0 Å². The lowest BCUT2D eigenvalue weighted by atomic mass is 9.86. The third kappa shape index (κ3) is 3.81. The van der Waals surface area contributed by atoms with Gasteiger partial charge in [-0.15, -0.1) is 0 Å². The SMILES string of the molecule is C=C(C)C1CC(=O)CC2OC(C)(CC2=O)CC2C=C(C(=O)O2)C(OC)C1. The summed E-state index contributed by atoms with van der Waals surface area (Å²) >= 11 is 0. The Balaban J connectivity index is 1.94. The number of Topliss-reactive ketones (excluding diaryl/α,β-unsaturated/α-hetero) is 2. The Bertz CT molecular complexity index is 678. The molecule has 0 aromatic heterocycles. The van der Waals surface area contributed by atoms with Gasteiger partial charge in [0.2, 0.25) is 0 Å². The van der Waals surface area contributed by atoms with Gasteiger partial charge >= 0.3 is 5.97 Å². The molecule has 3 heterocycles. The van der Waals surface area contributed by atoms with Crippen molar-refractivity contribution in [2.75, 3.05) is 7.11 Å². The van der Waals surface area contributed by atoms with Crippen molar-refractivity contribution in [1.82, 2.24) is 0 Å². The van der Waals surface area contributed by atoms with Crippen molar-refractivity contribution in [3.63, 3.8) is 0 Å². The molecule has 3 aliphatic rings. The summed E-state index contributed by atoms with van der Waals surface area (Å²) in [6.45, 7) is 7.68. The average Bonchev–Trinajstić information content (AvgIpc) is 3.02. The third-order valence-corrected chi connectivity index (χ3v) is 5.54. The van der Waals surface area contributed by atoms with Crippen LogP contribution in [0.4, 0.5) is 0 Å². The molecular formula is C20H26O6. The molecular weight excluding hydrogens is 336 g/mol. The van der Waals surface area contributed by atoms with Gasteiger partial charge in [-0.25, -0.2) is 4.79 Å². The van der Waals surface area contributed by atoms with Gasteiger partial charge in [0, 0.05) is 32.8 Å². The van der Waals surface area contributed by atoms with Crippen LogP contribution in [-0.4, -0.2) is 48.6 Å². The van der Waals surface area contributed by atoms with Gasteiger partial charge in [-0.3, -0.25) is 9.59 Å². The molecule has 0 saturated carbocycles. The largest absolute Gasteiger partial charge is 0.455 e. The van der Waals surface area contributed by atoms with Crippen LogP contribution in [0.1, 0.15) is 46.0 Å². The molecule has 5 atom stereocenters. The highest BCUT2D eigenvalue weighted by atomic mass is 16.6. The van der Waals surface area contributed by atoms with Gasteiger partial charge in [0.25, 0.3) is 0 Å². The highest BCUT2D eigenvalue weighted by Crippen LogP contribution is 2.38. The van der Waals surface area contributed by atoms with Gasteiger partial charge < -0.3 is 14.2 Å². The number of carbonyl (C=O) groups is 3. The summed E-state index contributed by atoms with van der Waals surface area (Å²) in [7, 11) is 1.55. The highest BCUT2D eigenvalue weighted by Gasteiger charge is 2.46. The van der Waals surface area contributed by atoms with Crippen molar-refractivity contribution in [3.05, 3.63) is 23.8 Å². The number of allylic oxidation sites excluding steroid dienone is 1. The Kier molecular flexibility index (Phi) is 5.17. The minimum absolute atomic E-state index is 0.0311. The molecule has 0 radical (unpaired) electrons. The number of hydrogen-bond donors (Lipinski definition) is 0. The molecule has 0 aromatic rings. The summed E-state index contributed by atoms with van der Waals surface area (Å²) in [5, 5.41) is 0. The highest BCUT2D eigenvalue weighted by molar-refractivity contribution is 5.93. The fourth-order valence-corrected chi connectivity index (χ4v) is 4.11. The van der Waals surface area contributed by atoms with E-state index < -0.39 is 29.9 Å². The maximum Gasteiger partial charge on any atom is 0.337 e. The normalized spacial score (nSPS) is 38.1. The van der Waals surface area contributed by atoms with E-state index in [0.29, 0.717) is 18.4 Å². The lowest BCUT2D eigenvalue weighted by molar-refractivity contribution is -0.144. The zero-order valence-electron chi connectivity index (χ0n) is 15.6. The van der Waals surface area contributed by atoms with E-state index in [0.717, 1.165) is 5.57 Å². The maximum absolute atomic E-state index is 12.5. The molecule has 0 aromatic carbocycles. The minimum atomic E-state index is -0.733. The van der Waals surface area contributed by atoms with Crippen LogP contribution in [0, 0.1) is 5.92 Å². The molecule has 3 rings (SSSR count). The quantitative estimate of drug-likeness (QED) is 0.554. The van der Waals surface area contributed by atoms with Crippen LogP contribution in [-0.2, 0) is 28.6 Å². The zero-order chi connectivity index (χ0) is 19.1. The van der Waals surface area contributed by atoms with Crippen molar-refractivity contribution in [2.24, 2.45) is 5.92 Å². The second kappa shape index (κ2) is 7.08. The summed E-state index contributed by atoms with van der Waals surface area (Å²) in [6, 6.07) is 0. The second-order valence-electron chi connectivity index (χ2n) is 7.92. The molecule has 0 aliphatic carbocycles. The number of esters is 1. The van der Waals surface area contributed by atoms with Gasteiger partial charge in [-0.2, -0.15) is 0 Å². The second-order valence-corrected chi connectivity index (χ2v) is 7.92. The minimum Gasteiger partial charge on any atom is -0.455 e. The topological polar surface area (TPSA) is 78.9 Å². The smallest absolute Gasteiger partial charge is 0.337 e. The first kappa shape index (κ1) is 19.0. The molecule has 0 amide bonds. The lowest BCUT2D eigenvalue weighted by Crippen LogP contribution is -2.31.